The van der Waals surface area contributed by atoms with Crippen LogP contribution in [0.5, 0.6) is 5.75 Å². The second kappa shape index (κ2) is 10.1. The van der Waals surface area contributed by atoms with Crippen LogP contribution < -0.4 is 15.1 Å². The number of carbonyl (C=O) groups is 2. The second-order valence-electron chi connectivity index (χ2n) is 7.98. The highest BCUT2D eigenvalue weighted by atomic mass is 16.5. The number of benzene rings is 2. The standard InChI is InChI=1S/C26H26N4O3/c1-18-6-7-19(2)24(15-18)30-25(31)13-12-23(29-30)26(32)28-16-20-8-10-22(11-9-20)33-17-21-5-3-4-14-27-21/h3-11,14-15H,12-13,16-17H2,1-2H3,(H,28,32). The van der Waals surface area contributed by atoms with Crippen molar-refractivity contribution in [2.45, 2.75) is 39.8 Å². The van der Waals surface area contributed by atoms with Crippen molar-refractivity contribution in [3.63, 3.8) is 0 Å². The molecule has 1 aliphatic heterocycles. The van der Waals surface area contributed by atoms with Gasteiger partial charge >= 0.3 is 0 Å². The minimum atomic E-state index is -0.270. The summed E-state index contributed by atoms with van der Waals surface area (Å²) in [5.41, 5.74) is 4.83. The molecule has 1 N–H and O–H groups in total. The van der Waals surface area contributed by atoms with Crippen LogP contribution >= 0.6 is 0 Å². The van der Waals surface area contributed by atoms with E-state index < -0.39 is 0 Å². The van der Waals surface area contributed by atoms with Crippen molar-refractivity contribution in [3.8, 4) is 5.75 Å². The van der Waals surface area contributed by atoms with Gasteiger partial charge in [0.25, 0.3) is 5.91 Å². The molecule has 2 amide bonds. The molecule has 7 nitrogen and oxygen atoms in total. The average Bonchev–Trinajstić information content (AvgIpc) is 2.84. The summed E-state index contributed by atoms with van der Waals surface area (Å²) < 4.78 is 5.74. The zero-order chi connectivity index (χ0) is 23.2. The van der Waals surface area contributed by atoms with Crippen LogP contribution in [0, 0.1) is 13.8 Å². The summed E-state index contributed by atoms with van der Waals surface area (Å²) in [6.07, 6.45) is 2.31. The van der Waals surface area contributed by atoms with Crippen LogP contribution in [0.15, 0.2) is 72.0 Å². The fourth-order valence-electron chi connectivity index (χ4n) is 3.48. The lowest BCUT2D eigenvalue weighted by atomic mass is 10.1. The molecule has 168 valence electrons. The molecule has 4 rings (SSSR count). The first-order valence-corrected chi connectivity index (χ1v) is 10.9. The fraction of sp³-hybridized carbons (Fsp3) is 0.231. The second-order valence-corrected chi connectivity index (χ2v) is 7.98. The molecule has 0 aliphatic carbocycles. The first-order chi connectivity index (χ1) is 16.0. The topological polar surface area (TPSA) is 83.9 Å². The normalized spacial score (nSPS) is 13.5. The zero-order valence-electron chi connectivity index (χ0n) is 18.7. The van der Waals surface area contributed by atoms with E-state index in [-0.39, 0.29) is 18.2 Å². The number of amides is 2. The molecule has 0 unspecified atom stereocenters. The molecule has 3 aromatic rings. The van der Waals surface area contributed by atoms with E-state index in [1.807, 2.05) is 74.5 Å². The van der Waals surface area contributed by atoms with E-state index in [1.54, 1.807) is 6.20 Å². The highest BCUT2D eigenvalue weighted by Crippen LogP contribution is 2.25. The molecule has 1 aliphatic rings. The molecular weight excluding hydrogens is 416 g/mol. The van der Waals surface area contributed by atoms with Gasteiger partial charge in [0.05, 0.1) is 11.4 Å². The molecule has 0 bridgehead atoms. The number of anilines is 1. The number of carbonyl (C=O) groups excluding carboxylic acids is 2. The first-order valence-electron chi connectivity index (χ1n) is 10.9. The van der Waals surface area contributed by atoms with Crippen molar-refractivity contribution in [2.24, 2.45) is 5.10 Å². The van der Waals surface area contributed by atoms with Gasteiger partial charge in [-0.25, -0.2) is 5.01 Å². The Kier molecular flexibility index (Phi) is 6.78. The number of aromatic nitrogens is 1. The summed E-state index contributed by atoms with van der Waals surface area (Å²) in [5, 5.41) is 8.63. The van der Waals surface area contributed by atoms with Gasteiger partial charge in [-0.1, -0.05) is 30.3 Å². The Labute approximate surface area is 193 Å². The van der Waals surface area contributed by atoms with Gasteiger partial charge in [0.1, 0.15) is 18.1 Å². The Hall–Kier alpha value is -4.00. The molecule has 0 spiro atoms. The lowest BCUT2D eigenvalue weighted by Crippen LogP contribution is -2.39. The number of hydrogen-bond acceptors (Lipinski definition) is 5. The summed E-state index contributed by atoms with van der Waals surface area (Å²) in [7, 11) is 0. The largest absolute Gasteiger partial charge is 0.487 e. The number of ether oxygens (including phenoxy) is 1. The maximum atomic E-state index is 12.7. The summed E-state index contributed by atoms with van der Waals surface area (Å²) in [5.74, 6) is 0.352. The third-order valence-electron chi connectivity index (χ3n) is 5.38. The quantitative estimate of drug-likeness (QED) is 0.598. The van der Waals surface area contributed by atoms with Crippen LogP contribution in [0.4, 0.5) is 5.69 Å². The minimum absolute atomic E-state index is 0.110. The number of pyridine rings is 1. The number of aryl methyl sites for hydroxylation is 2. The van der Waals surface area contributed by atoms with Crippen LogP contribution in [0.3, 0.4) is 0 Å². The maximum Gasteiger partial charge on any atom is 0.267 e. The van der Waals surface area contributed by atoms with Crippen LogP contribution in [0.1, 0.15) is 35.2 Å². The predicted octanol–water partition coefficient (Wildman–Crippen LogP) is 4.08. The lowest BCUT2D eigenvalue weighted by Gasteiger charge is -2.24. The average molecular weight is 443 g/mol. The molecule has 2 aromatic carbocycles. The number of hydrogen-bond donors (Lipinski definition) is 1. The molecule has 0 saturated heterocycles. The Morgan fingerprint density at radius 2 is 1.88 bits per heavy atom. The minimum Gasteiger partial charge on any atom is -0.487 e. The van der Waals surface area contributed by atoms with Gasteiger partial charge in [0.15, 0.2) is 0 Å². The van der Waals surface area contributed by atoms with E-state index in [2.05, 4.69) is 15.4 Å². The Bertz CT molecular complexity index is 1170. The fourth-order valence-corrected chi connectivity index (χ4v) is 3.48. The van der Waals surface area contributed by atoms with Gasteiger partial charge in [0, 0.05) is 25.6 Å². The Morgan fingerprint density at radius 1 is 1.06 bits per heavy atom. The van der Waals surface area contributed by atoms with Crippen molar-refractivity contribution in [1.29, 1.82) is 0 Å². The zero-order valence-corrected chi connectivity index (χ0v) is 18.7. The van der Waals surface area contributed by atoms with Crippen LogP contribution in [-0.4, -0.2) is 22.5 Å². The molecular formula is C26H26N4O3. The van der Waals surface area contributed by atoms with Crippen molar-refractivity contribution in [1.82, 2.24) is 10.3 Å². The Morgan fingerprint density at radius 3 is 2.64 bits per heavy atom. The molecule has 0 saturated carbocycles. The summed E-state index contributed by atoms with van der Waals surface area (Å²) in [4.78, 5) is 29.4. The van der Waals surface area contributed by atoms with E-state index in [4.69, 9.17) is 4.74 Å². The van der Waals surface area contributed by atoms with Crippen molar-refractivity contribution >= 4 is 23.2 Å². The molecule has 0 atom stereocenters. The van der Waals surface area contributed by atoms with E-state index in [0.29, 0.717) is 31.0 Å². The van der Waals surface area contributed by atoms with Gasteiger partial charge in [0.2, 0.25) is 5.91 Å². The number of rotatable bonds is 7. The molecule has 33 heavy (non-hydrogen) atoms. The highest BCUT2D eigenvalue weighted by molar-refractivity contribution is 6.40. The van der Waals surface area contributed by atoms with Gasteiger partial charge in [-0.05, 0) is 60.9 Å². The number of nitrogens with zero attached hydrogens (tertiary/aromatic N) is 3. The van der Waals surface area contributed by atoms with Gasteiger partial charge in [-0.3, -0.25) is 14.6 Å². The summed E-state index contributed by atoms with van der Waals surface area (Å²) >= 11 is 0. The first kappa shape index (κ1) is 22.2. The predicted molar refractivity (Wildman–Crippen MR) is 127 cm³/mol. The molecule has 7 heteroatoms. The van der Waals surface area contributed by atoms with Gasteiger partial charge in [-0.15, -0.1) is 0 Å². The van der Waals surface area contributed by atoms with Gasteiger partial charge < -0.3 is 10.1 Å². The number of hydrazone groups is 1. The third-order valence-corrected chi connectivity index (χ3v) is 5.38. The lowest BCUT2D eigenvalue weighted by molar-refractivity contribution is -0.119. The van der Waals surface area contributed by atoms with E-state index in [9.17, 15) is 9.59 Å². The number of nitrogens with one attached hydrogen (secondary N) is 1. The smallest absolute Gasteiger partial charge is 0.267 e. The van der Waals surface area contributed by atoms with Crippen LogP contribution in [-0.2, 0) is 22.7 Å². The molecule has 2 heterocycles. The molecule has 0 radical (unpaired) electrons. The van der Waals surface area contributed by atoms with Crippen molar-refractivity contribution in [3.05, 3.63) is 89.2 Å². The van der Waals surface area contributed by atoms with Crippen molar-refractivity contribution < 1.29 is 14.3 Å². The van der Waals surface area contributed by atoms with E-state index >= 15 is 0 Å². The Balaban J connectivity index is 1.36. The van der Waals surface area contributed by atoms with Crippen molar-refractivity contribution in [2.75, 3.05) is 5.01 Å². The SMILES string of the molecule is Cc1ccc(C)c(N2N=C(C(=O)NCc3ccc(OCc4ccccn4)cc3)CCC2=O)c1. The summed E-state index contributed by atoms with van der Waals surface area (Å²) in [6, 6.07) is 19.1. The van der Waals surface area contributed by atoms with E-state index in [0.717, 1.165) is 28.1 Å². The third kappa shape index (κ3) is 5.63. The van der Waals surface area contributed by atoms with Crippen LogP contribution in [0.2, 0.25) is 0 Å². The summed E-state index contributed by atoms with van der Waals surface area (Å²) in [6.45, 7) is 4.64. The monoisotopic (exact) mass is 442 g/mol. The van der Waals surface area contributed by atoms with Crippen LogP contribution in [0.25, 0.3) is 0 Å². The highest BCUT2D eigenvalue weighted by Gasteiger charge is 2.26. The van der Waals surface area contributed by atoms with Gasteiger partial charge in [-0.2, -0.15) is 5.10 Å². The molecule has 0 fully saturated rings. The maximum absolute atomic E-state index is 12.7. The molecule has 1 aromatic heterocycles. The van der Waals surface area contributed by atoms with E-state index in [1.165, 1.54) is 5.01 Å².